The number of hydrogen-bond donors (Lipinski definition) is 1. The average molecular weight is 297 g/mol. The van der Waals surface area contributed by atoms with Gasteiger partial charge in [0.05, 0.1) is 6.04 Å². The van der Waals surface area contributed by atoms with Crippen LogP contribution in [0.2, 0.25) is 0 Å². The lowest BCUT2D eigenvalue weighted by Gasteiger charge is -2.21. The van der Waals surface area contributed by atoms with Crippen LogP contribution < -0.4 is 5.32 Å². The molecule has 0 aromatic heterocycles. The van der Waals surface area contributed by atoms with E-state index in [9.17, 15) is 17.6 Å². The second-order valence-corrected chi connectivity index (χ2v) is 4.75. The van der Waals surface area contributed by atoms with Crippen LogP contribution in [0.4, 0.5) is 17.6 Å². The van der Waals surface area contributed by atoms with Crippen LogP contribution in [0.5, 0.6) is 0 Å². The van der Waals surface area contributed by atoms with Gasteiger partial charge >= 0.3 is 0 Å². The van der Waals surface area contributed by atoms with E-state index in [0.29, 0.717) is 6.54 Å². The fourth-order valence-corrected chi connectivity index (χ4v) is 2.25. The van der Waals surface area contributed by atoms with Crippen molar-refractivity contribution in [2.45, 2.75) is 19.9 Å². The number of nitrogens with one attached hydrogen (secondary N) is 1. The molecule has 5 heteroatoms. The Morgan fingerprint density at radius 3 is 2.33 bits per heavy atom. The van der Waals surface area contributed by atoms with Crippen LogP contribution in [0, 0.1) is 30.2 Å². The highest BCUT2D eigenvalue weighted by Crippen LogP contribution is 2.30. The predicted molar refractivity (Wildman–Crippen MR) is 73.0 cm³/mol. The second kappa shape index (κ2) is 6.26. The molecule has 2 aromatic rings. The van der Waals surface area contributed by atoms with Crippen molar-refractivity contribution >= 4 is 0 Å². The van der Waals surface area contributed by atoms with Gasteiger partial charge < -0.3 is 5.32 Å². The minimum Gasteiger partial charge on any atom is -0.306 e. The summed E-state index contributed by atoms with van der Waals surface area (Å²) in [4.78, 5) is 0. The molecule has 2 rings (SSSR count). The van der Waals surface area contributed by atoms with Gasteiger partial charge in [-0.15, -0.1) is 0 Å². The van der Waals surface area contributed by atoms with Crippen molar-refractivity contribution in [2.75, 3.05) is 6.54 Å². The molecule has 0 radical (unpaired) electrons. The summed E-state index contributed by atoms with van der Waals surface area (Å²) in [5, 5.41) is 2.81. The lowest BCUT2D eigenvalue weighted by Crippen LogP contribution is -2.25. The molecular weight excluding hydrogens is 282 g/mol. The van der Waals surface area contributed by atoms with Crippen molar-refractivity contribution in [1.82, 2.24) is 5.32 Å². The molecule has 2 aromatic carbocycles. The maximum atomic E-state index is 14.3. The Morgan fingerprint density at radius 2 is 1.67 bits per heavy atom. The van der Waals surface area contributed by atoms with Crippen LogP contribution in [0.1, 0.15) is 29.7 Å². The molecular formula is C16H15F4N. The van der Waals surface area contributed by atoms with E-state index >= 15 is 0 Å². The minimum atomic E-state index is -1.09. The van der Waals surface area contributed by atoms with Crippen LogP contribution in [-0.2, 0) is 0 Å². The number of benzene rings is 2. The molecule has 21 heavy (non-hydrogen) atoms. The number of rotatable bonds is 4. The molecule has 0 spiro atoms. The van der Waals surface area contributed by atoms with Gasteiger partial charge in [0.2, 0.25) is 0 Å². The Hall–Kier alpha value is -1.88. The highest BCUT2D eigenvalue weighted by Gasteiger charge is 2.25. The average Bonchev–Trinajstić information content (AvgIpc) is 2.45. The fraction of sp³-hybridized carbons (Fsp3) is 0.250. The van der Waals surface area contributed by atoms with Gasteiger partial charge in [-0.1, -0.05) is 13.0 Å². The molecule has 1 N–H and O–H groups in total. The van der Waals surface area contributed by atoms with Gasteiger partial charge in [-0.2, -0.15) is 0 Å². The Bertz CT molecular complexity index is 655. The van der Waals surface area contributed by atoms with Crippen molar-refractivity contribution in [1.29, 1.82) is 0 Å². The van der Waals surface area contributed by atoms with Crippen LogP contribution in [0.25, 0.3) is 0 Å². The van der Waals surface area contributed by atoms with Gasteiger partial charge in [0.1, 0.15) is 23.3 Å². The van der Waals surface area contributed by atoms with Gasteiger partial charge in [-0.25, -0.2) is 17.6 Å². The maximum absolute atomic E-state index is 14.3. The highest BCUT2D eigenvalue weighted by atomic mass is 19.1. The van der Waals surface area contributed by atoms with Gasteiger partial charge in [0.25, 0.3) is 0 Å². The quantitative estimate of drug-likeness (QED) is 0.832. The van der Waals surface area contributed by atoms with Gasteiger partial charge in [-0.05, 0) is 43.3 Å². The van der Waals surface area contributed by atoms with E-state index in [4.69, 9.17) is 0 Å². The van der Waals surface area contributed by atoms with Crippen molar-refractivity contribution in [2.24, 2.45) is 0 Å². The first-order valence-electron chi connectivity index (χ1n) is 6.58. The van der Waals surface area contributed by atoms with E-state index in [1.54, 1.807) is 6.92 Å². The first-order chi connectivity index (χ1) is 9.95. The molecule has 0 bridgehead atoms. The molecule has 0 aliphatic carbocycles. The Kier molecular flexibility index (Phi) is 4.63. The summed E-state index contributed by atoms with van der Waals surface area (Å²) < 4.78 is 55.6. The zero-order valence-electron chi connectivity index (χ0n) is 11.7. The van der Waals surface area contributed by atoms with Gasteiger partial charge in [0, 0.05) is 11.1 Å². The summed E-state index contributed by atoms with van der Waals surface area (Å²) in [7, 11) is 0. The van der Waals surface area contributed by atoms with Gasteiger partial charge in [-0.3, -0.25) is 0 Å². The van der Waals surface area contributed by atoms with E-state index in [-0.39, 0.29) is 16.7 Å². The Balaban J connectivity index is 2.64. The van der Waals surface area contributed by atoms with Crippen molar-refractivity contribution < 1.29 is 17.6 Å². The van der Waals surface area contributed by atoms with Crippen LogP contribution in [0.15, 0.2) is 30.3 Å². The molecule has 112 valence electrons. The second-order valence-electron chi connectivity index (χ2n) is 4.75. The molecule has 0 aliphatic rings. The monoisotopic (exact) mass is 297 g/mol. The third-order valence-electron chi connectivity index (χ3n) is 3.29. The van der Waals surface area contributed by atoms with Crippen molar-refractivity contribution in [3.63, 3.8) is 0 Å². The van der Waals surface area contributed by atoms with Crippen LogP contribution >= 0.6 is 0 Å². The summed E-state index contributed by atoms with van der Waals surface area (Å²) in [6.07, 6.45) is 0. The van der Waals surface area contributed by atoms with Crippen molar-refractivity contribution in [3.05, 3.63) is 70.3 Å². The Labute approximate surface area is 120 Å². The zero-order chi connectivity index (χ0) is 15.6. The smallest absolute Gasteiger partial charge is 0.134 e. The largest absolute Gasteiger partial charge is 0.306 e. The lowest BCUT2D eigenvalue weighted by atomic mass is 9.95. The lowest BCUT2D eigenvalue weighted by molar-refractivity contribution is 0.488. The summed E-state index contributed by atoms with van der Waals surface area (Å²) in [5.41, 5.74) is -0.187. The standard InChI is InChI=1S/C16H15F4N/c1-3-21-16(11-8-10(17)5-7-12(11)18)14-13(19)6-4-9(2)15(14)20/h4-8,16,21H,3H2,1-2H3. The number of halogens is 4. The summed E-state index contributed by atoms with van der Waals surface area (Å²) in [5.74, 6) is -2.94. The summed E-state index contributed by atoms with van der Waals surface area (Å²) in [6.45, 7) is 3.55. The number of hydrogen-bond acceptors (Lipinski definition) is 1. The predicted octanol–water partition coefficient (Wildman–Crippen LogP) is 4.25. The van der Waals surface area contributed by atoms with Crippen molar-refractivity contribution in [3.8, 4) is 0 Å². The van der Waals surface area contributed by atoms with Crippen LogP contribution in [0.3, 0.4) is 0 Å². The zero-order valence-corrected chi connectivity index (χ0v) is 11.7. The molecule has 1 unspecified atom stereocenters. The third-order valence-corrected chi connectivity index (χ3v) is 3.29. The topological polar surface area (TPSA) is 12.0 Å². The van der Waals surface area contributed by atoms with E-state index < -0.39 is 29.3 Å². The molecule has 0 saturated carbocycles. The first-order valence-corrected chi connectivity index (χ1v) is 6.58. The molecule has 1 nitrogen and oxygen atoms in total. The van der Waals surface area contributed by atoms with E-state index in [0.717, 1.165) is 24.3 Å². The molecule has 0 fully saturated rings. The third kappa shape index (κ3) is 3.08. The van der Waals surface area contributed by atoms with E-state index in [1.807, 2.05) is 0 Å². The molecule has 0 heterocycles. The number of aryl methyl sites for hydroxylation is 1. The fourth-order valence-electron chi connectivity index (χ4n) is 2.25. The molecule has 1 atom stereocenters. The minimum absolute atomic E-state index is 0.125. The van der Waals surface area contributed by atoms with Crippen LogP contribution in [-0.4, -0.2) is 6.54 Å². The Morgan fingerprint density at radius 1 is 1.00 bits per heavy atom. The maximum Gasteiger partial charge on any atom is 0.134 e. The molecule has 0 amide bonds. The SMILES string of the molecule is CCNC(c1cc(F)ccc1F)c1c(F)ccc(C)c1F. The van der Waals surface area contributed by atoms with E-state index in [1.165, 1.54) is 13.0 Å². The summed E-state index contributed by atoms with van der Waals surface area (Å²) in [6, 6.07) is 4.19. The summed E-state index contributed by atoms with van der Waals surface area (Å²) >= 11 is 0. The van der Waals surface area contributed by atoms with Gasteiger partial charge in [0.15, 0.2) is 0 Å². The molecule has 0 aliphatic heterocycles. The van der Waals surface area contributed by atoms with E-state index in [2.05, 4.69) is 5.32 Å². The highest BCUT2D eigenvalue weighted by molar-refractivity contribution is 5.37. The first kappa shape index (κ1) is 15.5. The molecule has 0 saturated heterocycles. The normalized spacial score (nSPS) is 12.5.